The molecule has 14 heavy (non-hydrogen) atoms. The van der Waals surface area contributed by atoms with Gasteiger partial charge in [0, 0.05) is 7.05 Å². The molecule has 1 aliphatic heterocycles. The monoisotopic (exact) mass is 213 g/mol. The highest BCUT2D eigenvalue weighted by atomic mass is 35.5. The Kier molecular flexibility index (Phi) is 2.03. The first-order valence-electron chi connectivity index (χ1n) is 4.00. The van der Waals surface area contributed by atoms with Crippen LogP contribution in [0.4, 0.5) is 5.82 Å². The van der Waals surface area contributed by atoms with Crippen LogP contribution >= 0.6 is 11.6 Å². The molecule has 0 radical (unpaired) electrons. The van der Waals surface area contributed by atoms with Gasteiger partial charge in [-0.05, 0) is 11.6 Å². The summed E-state index contributed by atoms with van der Waals surface area (Å²) < 4.78 is 5.02. The van der Waals surface area contributed by atoms with Gasteiger partial charge in [-0.3, -0.25) is 9.69 Å². The molecule has 1 amide bonds. The van der Waals surface area contributed by atoms with E-state index in [4.69, 9.17) is 16.3 Å². The van der Waals surface area contributed by atoms with Crippen molar-refractivity contribution in [1.82, 2.24) is 9.97 Å². The Labute approximate surface area is 85.7 Å². The fraction of sp³-hybridized carbons (Fsp3) is 0.375. The summed E-state index contributed by atoms with van der Waals surface area (Å²) in [6, 6.07) is 0. The van der Waals surface area contributed by atoms with Crippen LogP contribution in [0.3, 0.4) is 0 Å². The van der Waals surface area contributed by atoms with Gasteiger partial charge < -0.3 is 4.74 Å². The fourth-order valence-electron chi connectivity index (χ4n) is 1.42. The lowest BCUT2D eigenvalue weighted by atomic mass is 10.2. The molecule has 1 aliphatic rings. The molecule has 2 rings (SSSR count). The van der Waals surface area contributed by atoms with Gasteiger partial charge in [-0.25, -0.2) is 0 Å². The van der Waals surface area contributed by atoms with Crippen molar-refractivity contribution in [2.75, 3.05) is 19.1 Å². The molecule has 0 aromatic carbocycles. The van der Waals surface area contributed by atoms with Gasteiger partial charge in [0.15, 0.2) is 0 Å². The Morgan fingerprint density at radius 2 is 2.21 bits per heavy atom. The molecule has 2 heterocycles. The summed E-state index contributed by atoms with van der Waals surface area (Å²) in [5.41, 5.74) is 0.699. The molecule has 0 N–H and O–H groups in total. The lowest BCUT2D eigenvalue weighted by Gasteiger charge is -2.09. The van der Waals surface area contributed by atoms with E-state index in [1.165, 1.54) is 12.0 Å². The van der Waals surface area contributed by atoms with Gasteiger partial charge in [-0.1, -0.05) is 0 Å². The molecule has 0 aliphatic carbocycles. The molecule has 1 aromatic rings. The Hall–Kier alpha value is -1.36. The van der Waals surface area contributed by atoms with Crippen LogP contribution in [0.25, 0.3) is 0 Å². The van der Waals surface area contributed by atoms with E-state index >= 15 is 0 Å². The van der Waals surface area contributed by atoms with Crippen LogP contribution < -0.4 is 9.64 Å². The molecule has 0 atom stereocenters. The summed E-state index contributed by atoms with van der Waals surface area (Å²) in [5.74, 6) is 0.874. The van der Waals surface area contributed by atoms with Crippen LogP contribution in [-0.2, 0) is 11.2 Å². The molecular formula is C8H8ClN3O2. The quantitative estimate of drug-likeness (QED) is 0.643. The van der Waals surface area contributed by atoms with Crippen molar-refractivity contribution >= 4 is 23.3 Å². The maximum absolute atomic E-state index is 11.4. The van der Waals surface area contributed by atoms with Gasteiger partial charge >= 0.3 is 0 Å². The fourth-order valence-corrected chi connectivity index (χ4v) is 1.57. The number of methoxy groups -OCH3 is 1. The molecule has 1 aromatic heterocycles. The molecule has 0 unspecified atom stereocenters. The van der Waals surface area contributed by atoms with E-state index in [-0.39, 0.29) is 17.6 Å². The van der Waals surface area contributed by atoms with E-state index in [0.717, 1.165) is 0 Å². The maximum Gasteiger partial charge on any atom is 0.232 e. The van der Waals surface area contributed by atoms with Crippen molar-refractivity contribution in [1.29, 1.82) is 0 Å². The third-order valence-corrected chi connectivity index (χ3v) is 2.30. The topological polar surface area (TPSA) is 55.3 Å². The van der Waals surface area contributed by atoms with Crippen molar-refractivity contribution < 1.29 is 9.53 Å². The maximum atomic E-state index is 11.4. The Balaban J connectivity index is 2.61. The SMILES string of the molecule is COc1nc(Cl)nc2c1CC(=O)N2C. The number of halogens is 1. The third kappa shape index (κ3) is 1.21. The van der Waals surface area contributed by atoms with Crippen LogP contribution in [0.5, 0.6) is 5.88 Å². The smallest absolute Gasteiger partial charge is 0.232 e. The third-order valence-electron chi connectivity index (χ3n) is 2.13. The lowest BCUT2D eigenvalue weighted by Crippen LogP contribution is -2.21. The average molecular weight is 214 g/mol. The summed E-state index contributed by atoms with van der Waals surface area (Å²) >= 11 is 5.68. The zero-order chi connectivity index (χ0) is 10.3. The number of ether oxygens (including phenoxy) is 1. The van der Waals surface area contributed by atoms with Gasteiger partial charge in [0.1, 0.15) is 5.82 Å². The first kappa shape index (κ1) is 9.21. The number of likely N-dealkylation sites (N-methyl/N-ethyl adjacent to an activating group) is 1. The molecule has 0 bridgehead atoms. The summed E-state index contributed by atoms with van der Waals surface area (Å²) in [6.07, 6.45) is 0.270. The molecule has 0 fully saturated rings. The van der Waals surface area contributed by atoms with E-state index in [1.807, 2.05) is 0 Å². The van der Waals surface area contributed by atoms with Crippen LogP contribution in [0.15, 0.2) is 0 Å². The van der Waals surface area contributed by atoms with Crippen LogP contribution in [-0.4, -0.2) is 30.0 Å². The number of anilines is 1. The van der Waals surface area contributed by atoms with Crippen molar-refractivity contribution in [3.8, 4) is 5.88 Å². The molecule has 0 saturated carbocycles. The van der Waals surface area contributed by atoms with Gasteiger partial charge in [0.25, 0.3) is 0 Å². The van der Waals surface area contributed by atoms with E-state index in [2.05, 4.69) is 9.97 Å². The molecule has 0 saturated heterocycles. The first-order valence-corrected chi connectivity index (χ1v) is 4.38. The predicted molar refractivity (Wildman–Crippen MR) is 50.7 cm³/mol. The minimum absolute atomic E-state index is 0.0325. The van der Waals surface area contributed by atoms with E-state index in [0.29, 0.717) is 17.3 Å². The number of fused-ring (bicyclic) bond motifs is 1. The van der Waals surface area contributed by atoms with Gasteiger partial charge in [0.05, 0.1) is 19.1 Å². The number of aromatic nitrogens is 2. The van der Waals surface area contributed by atoms with E-state index in [9.17, 15) is 4.79 Å². The number of amides is 1. The Morgan fingerprint density at radius 1 is 1.50 bits per heavy atom. The Morgan fingerprint density at radius 3 is 2.86 bits per heavy atom. The minimum Gasteiger partial charge on any atom is -0.481 e. The Bertz CT molecular complexity index is 408. The molecule has 0 spiro atoms. The normalized spacial score (nSPS) is 14.5. The predicted octanol–water partition coefficient (Wildman–Crippen LogP) is 0.657. The zero-order valence-electron chi connectivity index (χ0n) is 7.74. The summed E-state index contributed by atoms with van der Waals surface area (Å²) in [5, 5.41) is 0.0853. The number of hydrogen-bond acceptors (Lipinski definition) is 4. The van der Waals surface area contributed by atoms with Crippen molar-refractivity contribution in [2.45, 2.75) is 6.42 Å². The van der Waals surface area contributed by atoms with Gasteiger partial charge in [0.2, 0.25) is 17.1 Å². The number of carbonyl (C=O) groups excluding carboxylic acids is 1. The first-order chi connectivity index (χ1) is 6.63. The largest absolute Gasteiger partial charge is 0.481 e. The number of rotatable bonds is 1. The van der Waals surface area contributed by atoms with Crippen LogP contribution in [0.2, 0.25) is 5.28 Å². The van der Waals surface area contributed by atoms with Gasteiger partial charge in [-0.15, -0.1) is 0 Å². The molecule has 5 nitrogen and oxygen atoms in total. The highest BCUT2D eigenvalue weighted by Gasteiger charge is 2.30. The number of carbonyl (C=O) groups is 1. The second-order valence-corrected chi connectivity index (χ2v) is 3.27. The summed E-state index contributed by atoms with van der Waals surface area (Å²) in [4.78, 5) is 20.7. The average Bonchev–Trinajstić information content (AvgIpc) is 2.43. The van der Waals surface area contributed by atoms with Gasteiger partial charge in [-0.2, -0.15) is 9.97 Å². The van der Waals surface area contributed by atoms with Crippen LogP contribution in [0, 0.1) is 0 Å². The standard InChI is InChI=1S/C8H8ClN3O2/c1-12-5(13)3-4-6(12)10-8(9)11-7(4)14-2/h3H2,1-2H3. The van der Waals surface area contributed by atoms with Crippen molar-refractivity contribution in [3.05, 3.63) is 10.8 Å². The molecule has 74 valence electrons. The van der Waals surface area contributed by atoms with Crippen molar-refractivity contribution in [3.63, 3.8) is 0 Å². The minimum atomic E-state index is -0.0325. The summed E-state index contributed by atoms with van der Waals surface area (Å²) in [6.45, 7) is 0. The second kappa shape index (κ2) is 3.09. The van der Waals surface area contributed by atoms with E-state index in [1.54, 1.807) is 7.05 Å². The zero-order valence-corrected chi connectivity index (χ0v) is 8.50. The lowest BCUT2D eigenvalue weighted by molar-refractivity contribution is -0.117. The van der Waals surface area contributed by atoms with Crippen molar-refractivity contribution in [2.24, 2.45) is 0 Å². The molecular weight excluding hydrogens is 206 g/mol. The highest BCUT2D eigenvalue weighted by Crippen LogP contribution is 2.32. The van der Waals surface area contributed by atoms with Crippen LogP contribution in [0.1, 0.15) is 5.56 Å². The molecule has 6 heteroatoms. The second-order valence-electron chi connectivity index (χ2n) is 2.93. The number of nitrogens with zero attached hydrogens (tertiary/aromatic N) is 3. The summed E-state index contributed by atoms with van der Waals surface area (Å²) in [7, 11) is 3.14. The van der Waals surface area contributed by atoms with E-state index < -0.39 is 0 Å². The highest BCUT2D eigenvalue weighted by molar-refractivity contribution is 6.28. The number of hydrogen-bond donors (Lipinski definition) is 0.